The Morgan fingerprint density at radius 3 is 1.90 bits per heavy atom. The van der Waals surface area contributed by atoms with Gasteiger partial charge in [-0.2, -0.15) is 0 Å². The minimum atomic E-state index is -0.965. The summed E-state index contributed by atoms with van der Waals surface area (Å²) >= 11 is 0. The van der Waals surface area contributed by atoms with Crippen LogP contribution in [0.4, 0.5) is 0 Å². The molecular formula is C19H35NSi. The molecule has 1 aromatic rings. The van der Waals surface area contributed by atoms with Crippen LogP contribution in [0.3, 0.4) is 0 Å². The van der Waals surface area contributed by atoms with Crippen LogP contribution in [0.25, 0.3) is 0 Å². The van der Waals surface area contributed by atoms with Gasteiger partial charge in [-0.3, -0.25) is 0 Å². The SMILES string of the molecule is CCC[Si](CCC)(CCC)CCCNCc1ccccc1. The van der Waals surface area contributed by atoms with Crippen molar-refractivity contribution in [3.05, 3.63) is 35.9 Å². The van der Waals surface area contributed by atoms with E-state index in [9.17, 15) is 0 Å². The monoisotopic (exact) mass is 305 g/mol. The van der Waals surface area contributed by atoms with E-state index in [4.69, 9.17) is 0 Å². The summed E-state index contributed by atoms with van der Waals surface area (Å²) in [5, 5.41) is 3.62. The van der Waals surface area contributed by atoms with Crippen LogP contribution in [0.1, 0.15) is 52.0 Å². The van der Waals surface area contributed by atoms with Crippen molar-refractivity contribution in [2.24, 2.45) is 0 Å². The molecule has 0 aromatic heterocycles. The molecule has 0 amide bonds. The molecule has 0 fully saturated rings. The molecule has 0 atom stereocenters. The van der Waals surface area contributed by atoms with Gasteiger partial charge in [0.15, 0.2) is 0 Å². The van der Waals surface area contributed by atoms with Crippen molar-refractivity contribution in [2.75, 3.05) is 6.54 Å². The molecule has 2 heteroatoms. The topological polar surface area (TPSA) is 12.0 Å². The van der Waals surface area contributed by atoms with Crippen LogP contribution in [0.2, 0.25) is 24.2 Å². The van der Waals surface area contributed by atoms with Gasteiger partial charge in [0.1, 0.15) is 0 Å². The number of hydrogen-bond acceptors (Lipinski definition) is 1. The average molecular weight is 306 g/mol. The summed E-state index contributed by atoms with van der Waals surface area (Å²) in [5.74, 6) is 0. The minimum Gasteiger partial charge on any atom is -0.313 e. The molecule has 0 radical (unpaired) electrons. The lowest BCUT2D eigenvalue weighted by Crippen LogP contribution is -2.34. The largest absolute Gasteiger partial charge is 0.313 e. The Labute approximate surface area is 133 Å². The van der Waals surface area contributed by atoms with Gasteiger partial charge in [-0.05, 0) is 18.5 Å². The Hall–Kier alpha value is -0.603. The molecular weight excluding hydrogens is 270 g/mol. The first kappa shape index (κ1) is 18.4. The number of rotatable bonds is 12. The van der Waals surface area contributed by atoms with E-state index in [0.29, 0.717) is 0 Å². The van der Waals surface area contributed by atoms with Crippen molar-refractivity contribution < 1.29 is 0 Å². The van der Waals surface area contributed by atoms with Crippen LogP contribution in [0, 0.1) is 0 Å². The van der Waals surface area contributed by atoms with Gasteiger partial charge in [-0.1, -0.05) is 94.5 Å². The van der Waals surface area contributed by atoms with Crippen molar-refractivity contribution >= 4 is 8.07 Å². The van der Waals surface area contributed by atoms with Crippen molar-refractivity contribution in [3.63, 3.8) is 0 Å². The highest BCUT2D eigenvalue weighted by Gasteiger charge is 2.28. The maximum atomic E-state index is 3.62. The van der Waals surface area contributed by atoms with Crippen molar-refractivity contribution in [1.29, 1.82) is 0 Å². The Morgan fingerprint density at radius 1 is 0.810 bits per heavy atom. The van der Waals surface area contributed by atoms with Crippen LogP contribution in [0.5, 0.6) is 0 Å². The fourth-order valence-corrected chi connectivity index (χ4v) is 9.37. The molecule has 1 N–H and O–H groups in total. The van der Waals surface area contributed by atoms with Crippen LogP contribution in [0.15, 0.2) is 30.3 Å². The zero-order chi connectivity index (χ0) is 15.4. The van der Waals surface area contributed by atoms with Crippen LogP contribution >= 0.6 is 0 Å². The predicted molar refractivity (Wildman–Crippen MR) is 98.6 cm³/mol. The normalized spacial score (nSPS) is 11.8. The van der Waals surface area contributed by atoms with E-state index in [1.165, 1.54) is 43.8 Å². The van der Waals surface area contributed by atoms with Gasteiger partial charge in [0, 0.05) is 6.54 Å². The summed E-state index contributed by atoms with van der Waals surface area (Å²) in [4.78, 5) is 0. The summed E-state index contributed by atoms with van der Waals surface area (Å²) in [6.45, 7) is 9.33. The van der Waals surface area contributed by atoms with E-state index in [2.05, 4.69) is 56.4 Å². The molecule has 1 aromatic carbocycles. The second-order valence-electron chi connectivity index (χ2n) is 6.52. The Kier molecular flexibility index (Phi) is 9.69. The van der Waals surface area contributed by atoms with Gasteiger partial charge >= 0.3 is 0 Å². The quantitative estimate of drug-likeness (QED) is 0.377. The zero-order valence-corrected chi connectivity index (χ0v) is 15.5. The maximum absolute atomic E-state index is 3.62. The summed E-state index contributed by atoms with van der Waals surface area (Å²) in [6, 6.07) is 16.9. The molecule has 0 spiro atoms. The number of hydrogen-bond donors (Lipinski definition) is 1. The summed E-state index contributed by atoms with van der Waals surface area (Å²) in [7, 11) is -0.965. The third kappa shape index (κ3) is 7.28. The summed E-state index contributed by atoms with van der Waals surface area (Å²) < 4.78 is 0. The smallest absolute Gasteiger partial charge is 0.0536 e. The van der Waals surface area contributed by atoms with Crippen LogP contribution < -0.4 is 5.32 Å². The maximum Gasteiger partial charge on any atom is 0.0536 e. The molecule has 0 unspecified atom stereocenters. The van der Waals surface area contributed by atoms with E-state index >= 15 is 0 Å². The Bertz CT molecular complexity index is 333. The fourth-order valence-electron chi connectivity index (χ4n) is 3.76. The highest BCUT2D eigenvalue weighted by atomic mass is 28.3. The van der Waals surface area contributed by atoms with Crippen molar-refractivity contribution in [2.45, 2.75) is 77.2 Å². The molecule has 21 heavy (non-hydrogen) atoms. The van der Waals surface area contributed by atoms with E-state index in [0.717, 1.165) is 6.54 Å². The van der Waals surface area contributed by atoms with E-state index in [1.54, 1.807) is 18.1 Å². The van der Waals surface area contributed by atoms with Gasteiger partial charge in [-0.15, -0.1) is 0 Å². The Balaban J connectivity index is 2.31. The van der Waals surface area contributed by atoms with Gasteiger partial charge in [0.25, 0.3) is 0 Å². The molecule has 1 rings (SSSR count). The second-order valence-corrected chi connectivity index (χ2v) is 11.5. The molecule has 0 aliphatic carbocycles. The zero-order valence-electron chi connectivity index (χ0n) is 14.5. The Morgan fingerprint density at radius 2 is 1.38 bits per heavy atom. The lowest BCUT2D eigenvalue weighted by atomic mass is 10.2. The third-order valence-electron chi connectivity index (χ3n) is 4.57. The summed E-state index contributed by atoms with van der Waals surface area (Å²) in [6.07, 6.45) is 5.55. The lowest BCUT2D eigenvalue weighted by molar-refractivity contribution is 0.667. The highest BCUT2D eigenvalue weighted by molar-refractivity contribution is 6.79. The first-order valence-electron chi connectivity index (χ1n) is 9.01. The third-order valence-corrected chi connectivity index (χ3v) is 10.7. The minimum absolute atomic E-state index is 0.965. The first-order valence-corrected chi connectivity index (χ1v) is 11.8. The van der Waals surface area contributed by atoms with E-state index in [-0.39, 0.29) is 0 Å². The first-order chi connectivity index (χ1) is 10.3. The second kappa shape index (κ2) is 11.0. The van der Waals surface area contributed by atoms with E-state index < -0.39 is 8.07 Å². The van der Waals surface area contributed by atoms with Crippen molar-refractivity contribution in [3.8, 4) is 0 Å². The lowest BCUT2D eigenvalue weighted by Gasteiger charge is -2.31. The molecule has 0 heterocycles. The van der Waals surface area contributed by atoms with Crippen LogP contribution in [-0.2, 0) is 6.54 Å². The predicted octanol–water partition coefficient (Wildman–Crippen LogP) is 5.85. The molecule has 0 bridgehead atoms. The molecule has 0 saturated heterocycles. The molecule has 1 nitrogen and oxygen atoms in total. The highest BCUT2D eigenvalue weighted by Crippen LogP contribution is 2.31. The van der Waals surface area contributed by atoms with Gasteiger partial charge in [0.2, 0.25) is 0 Å². The van der Waals surface area contributed by atoms with E-state index in [1.807, 2.05) is 0 Å². The molecule has 0 saturated carbocycles. The van der Waals surface area contributed by atoms with Gasteiger partial charge in [0.05, 0.1) is 8.07 Å². The average Bonchev–Trinajstić information content (AvgIpc) is 2.49. The van der Waals surface area contributed by atoms with Crippen LogP contribution in [-0.4, -0.2) is 14.6 Å². The van der Waals surface area contributed by atoms with Gasteiger partial charge < -0.3 is 5.32 Å². The number of nitrogens with one attached hydrogen (secondary N) is 1. The standard InChI is InChI=1S/C19H35NSi/c1-4-14-21(15-5-2,16-6-3)17-10-13-20-18-19-11-8-7-9-12-19/h7-9,11-12,20H,4-6,10,13-18H2,1-3H3. The molecule has 0 aliphatic heterocycles. The van der Waals surface area contributed by atoms with Gasteiger partial charge in [-0.25, -0.2) is 0 Å². The van der Waals surface area contributed by atoms with Crippen molar-refractivity contribution in [1.82, 2.24) is 5.32 Å². The fraction of sp³-hybridized carbons (Fsp3) is 0.684. The number of benzene rings is 1. The molecule has 0 aliphatic rings. The molecule has 120 valence electrons. The summed E-state index contributed by atoms with van der Waals surface area (Å²) in [5.41, 5.74) is 1.40.